The SMILES string of the molecule is O=C(Nc1ccccc1)c1nc(C(=O)N2CCOCC2)n2ccccc12. The van der Waals surface area contributed by atoms with E-state index in [0.29, 0.717) is 37.5 Å². The molecular formula is C19H18N4O3. The molecule has 4 rings (SSSR count). The third kappa shape index (κ3) is 3.04. The van der Waals surface area contributed by atoms with Crippen molar-refractivity contribution in [3.63, 3.8) is 0 Å². The van der Waals surface area contributed by atoms with Crippen molar-refractivity contribution in [3.05, 3.63) is 66.2 Å². The molecule has 1 N–H and O–H groups in total. The lowest BCUT2D eigenvalue weighted by Crippen LogP contribution is -2.41. The van der Waals surface area contributed by atoms with Gasteiger partial charge < -0.3 is 15.0 Å². The molecule has 1 fully saturated rings. The summed E-state index contributed by atoms with van der Waals surface area (Å²) in [5.74, 6) is -0.310. The molecule has 7 nitrogen and oxygen atoms in total. The topological polar surface area (TPSA) is 75.9 Å². The summed E-state index contributed by atoms with van der Waals surface area (Å²) < 4.78 is 6.96. The first-order valence-corrected chi connectivity index (χ1v) is 8.44. The molecule has 0 radical (unpaired) electrons. The van der Waals surface area contributed by atoms with Gasteiger partial charge >= 0.3 is 0 Å². The highest BCUT2D eigenvalue weighted by Crippen LogP contribution is 2.17. The van der Waals surface area contributed by atoms with Gasteiger partial charge in [0.2, 0.25) is 5.82 Å². The molecule has 0 spiro atoms. The number of aromatic nitrogens is 2. The van der Waals surface area contributed by atoms with Gasteiger partial charge in [0.25, 0.3) is 11.8 Å². The fourth-order valence-corrected chi connectivity index (χ4v) is 2.98. The number of para-hydroxylation sites is 1. The molecule has 7 heteroatoms. The molecular weight excluding hydrogens is 332 g/mol. The molecule has 0 unspecified atom stereocenters. The van der Waals surface area contributed by atoms with Gasteiger partial charge in [0, 0.05) is 25.0 Å². The van der Waals surface area contributed by atoms with E-state index in [1.54, 1.807) is 33.7 Å². The highest BCUT2D eigenvalue weighted by molar-refractivity contribution is 6.08. The van der Waals surface area contributed by atoms with Gasteiger partial charge in [-0.1, -0.05) is 24.3 Å². The summed E-state index contributed by atoms with van der Waals surface area (Å²) in [6.07, 6.45) is 1.75. The maximum Gasteiger partial charge on any atom is 0.290 e. The fraction of sp³-hybridized carbons (Fsp3) is 0.211. The van der Waals surface area contributed by atoms with Crippen molar-refractivity contribution in [1.82, 2.24) is 14.3 Å². The zero-order valence-electron chi connectivity index (χ0n) is 14.1. The third-order valence-corrected chi connectivity index (χ3v) is 4.28. The van der Waals surface area contributed by atoms with Gasteiger partial charge in [-0.2, -0.15) is 0 Å². The average molecular weight is 350 g/mol. The summed E-state index contributed by atoms with van der Waals surface area (Å²) in [5, 5.41) is 2.82. The van der Waals surface area contributed by atoms with Crippen LogP contribution in [0.5, 0.6) is 0 Å². The number of amides is 2. The van der Waals surface area contributed by atoms with Gasteiger partial charge in [-0.3, -0.25) is 14.0 Å². The maximum atomic E-state index is 12.9. The number of carbonyl (C=O) groups is 2. The number of hydrogen-bond donors (Lipinski definition) is 1. The lowest BCUT2D eigenvalue weighted by Gasteiger charge is -2.26. The van der Waals surface area contributed by atoms with Gasteiger partial charge in [0.15, 0.2) is 5.69 Å². The van der Waals surface area contributed by atoms with E-state index in [4.69, 9.17) is 4.74 Å². The number of anilines is 1. The van der Waals surface area contributed by atoms with Crippen LogP contribution in [0, 0.1) is 0 Å². The quantitative estimate of drug-likeness (QED) is 0.784. The van der Waals surface area contributed by atoms with Crippen molar-refractivity contribution in [2.24, 2.45) is 0 Å². The standard InChI is InChI=1S/C19H18N4O3/c24-18(20-14-6-2-1-3-7-14)16-15-8-4-5-9-23(15)17(21-16)19(25)22-10-12-26-13-11-22/h1-9H,10-13H2,(H,20,24). The number of morpholine rings is 1. The van der Waals surface area contributed by atoms with Crippen LogP contribution in [0.25, 0.3) is 5.52 Å². The third-order valence-electron chi connectivity index (χ3n) is 4.28. The average Bonchev–Trinajstić information content (AvgIpc) is 3.09. The normalized spacial score (nSPS) is 14.4. The summed E-state index contributed by atoms with van der Waals surface area (Å²) >= 11 is 0. The van der Waals surface area contributed by atoms with Crippen LogP contribution in [0.3, 0.4) is 0 Å². The highest BCUT2D eigenvalue weighted by atomic mass is 16.5. The molecule has 1 aliphatic heterocycles. The fourth-order valence-electron chi connectivity index (χ4n) is 2.98. The minimum Gasteiger partial charge on any atom is -0.378 e. The van der Waals surface area contributed by atoms with Crippen LogP contribution in [0.15, 0.2) is 54.7 Å². The van der Waals surface area contributed by atoms with E-state index in [1.807, 2.05) is 30.3 Å². The Bertz CT molecular complexity index is 946. The summed E-state index contributed by atoms with van der Waals surface area (Å²) in [6, 6.07) is 14.6. The van der Waals surface area contributed by atoms with E-state index < -0.39 is 0 Å². The summed E-state index contributed by atoms with van der Waals surface area (Å²) in [7, 11) is 0. The molecule has 2 aromatic heterocycles. The summed E-state index contributed by atoms with van der Waals surface area (Å²) in [6.45, 7) is 2.06. The van der Waals surface area contributed by atoms with Gasteiger partial charge in [0.1, 0.15) is 0 Å². The minimum absolute atomic E-state index is 0.201. The van der Waals surface area contributed by atoms with Crippen molar-refractivity contribution >= 4 is 23.0 Å². The molecule has 0 bridgehead atoms. The van der Waals surface area contributed by atoms with E-state index in [-0.39, 0.29) is 23.3 Å². The number of carbonyl (C=O) groups excluding carboxylic acids is 2. The van der Waals surface area contributed by atoms with Crippen molar-refractivity contribution in [3.8, 4) is 0 Å². The molecule has 3 aromatic rings. The number of imidazole rings is 1. The Morgan fingerprint density at radius 2 is 1.73 bits per heavy atom. The lowest BCUT2D eigenvalue weighted by atomic mass is 10.3. The van der Waals surface area contributed by atoms with Crippen LogP contribution < -0.4 is 5.32 Å². The molecule has 1 saturated heterocycles. The first-order chi connectivity index (χ1) is 12.7. The second-order valence-corrected chi connectivity index (χ2v) is 5.96. The van der Waals surface area contributed by atoms with Crippen LogP contribution in [-0.2, 0) is 4.74 Å². The molecule has 26 heavy (non-hydrogen) atoms. The number of benzene rings is 1. The molecule has 0 atom stereocenters. The van der Waals surface area contributed by atoms with Crippen LogP contribution in [0.1, 0.15) is 21.1 Å². The predicted octanol–water partition coefficient (Wildman–Crippen LogP) is 2.06. The summed E-state index contributed by atoms with van der Waals surface area (Å²) in [4.78, 5) is 31.6. The van der Waals surface area contributed by atoms with Crippen LogP contribution in [0.2, 0.25) is 0 Å². The Morgan fingerprint density at radius 1 is 1.00 bits per heavy atom. The van der Waals surface area contributed by atoms with Gasteiger partial charge in [-0.15, -0.1) is 0 Å². The van der Waals surface area contributed by atoms with E-state index in [9.17, 15) is 9.59 Å². The molecule has 132 valence electrons. The molecule has 0 saturated carbocycles. The van der Waals surface area contributed by atoms with E-state index in [2.05, 4.69) is 10.3 Å². The minimum atomic E-state index is -0.346. The van der Waals surface area contributed by atoms with E-state index in [0.717, 1.165) is 0 Å². The van der Waals surface area contributed by atoms with Crippen molar-refractivity contribution in [2.75, 3.05) is 31.6 Å². The molecule has 3 heterocycles. The second kappa shape index (κ2) is 6.97. The number of hydrogen-bond acceptors (Lipinski definition) is 4. The maximum absolute atomic E-state index is 12.9. The van der Waals surface area contributed by atoms with Gasteiger partial charge in [-0.05, 0) is 24.3 Å². The zero-order valence-corrected chi connectivity index (χ0v) is 14.1. The van der Waals surface area contributed by atoms with Crippen LogP contribution >= 0.6 is 0 Å². The second-order valence-electron chi connectivity index (χ2n) is 5.96. The lowest BCUT2D eigenvalue weighted by molar-refractivity contribution is 0.0294. The van der Waals surface area contributed by atoms with Crippen LogP contribution in [0.4, 0.5) is 5.69 Å². The highest BCUT2D eigenvalue weighted by Gasteiger charge is 2.26. The van der Waals surface area contributed by atoms with Crippen molar-refractivity contribution in [1.29, 1.82) is 0 Å². The molecule has 2 amide bonds. The Kier molecular flexibility index (Phi) is 4.37. The van der Waals surface area contributed by atoms with Crippen LogP contribution in [-0.4, -0.2) is 52.4 Å². The first kappa shape index (κ1) is 16.3. The van der Waals surface area contributed by atoms with Crippen molar-refractivity contribution < 1.29 is 14.3 Å². The zero-order chi connectivity index (χ0) is 17.9. The smallest absolute Gasteiger partial charge is 0.290 e. The van der Waals surface area contributed by atoms with Crippen molar-refractivity contribution in [2.45, 2.75) is 0 Å². The Morgan fingerprint density at radius 3 is 2.50 bits per heavy atom. The molecule has 1 aromatic carbocycles. The van der Waals surface area contributed by atoms with Gasteiger partial charge in [-0.25, -0.2) is 4.98 Å². The number of rotatable bonds is 3. The Hall–Kier alpha value is -3.19. The number of fused-ring (bicyclic) bond motifs is 1. The number of pyridine rings is 1. The first-order valence-electron chi connectivity index (χ1n) is 8.44. The van der Waals surface area contributed by atoms with Gasteiger partial charge in [0.05, 0.1) is 18.7 Å². The molecule has 1 aliphatic rings. The van der Waals surface area contributed by atoms with E-state index in [1.165, 1.54) is 0 Å². The number of nitrogens with one attached hydrogen (secondary N) is 1. The number of ether oxygens (including phenoxy) is 1. The predicted molar refractivity (Wildman–Crippen MR) is 96.3 cm³/mol. The largest absolute Gasteiger partial charge is 0.378 e. The van der Waals surface area contributed by atoms with E-state index >= 15 is 0 Å². The Labute approximate surface area is 150 Å². The Balaban J connectivity index is 1.69. The monoisotopic (exact) mass is 350 g/mol. The molecule has 0 aliphatic carbocycles. The summed E-state index contributed by atoms with van der Waals surface area (Å²) in [5.41, 5.74) is 1.50. The number of nitrogens with zero attached hydrogens (tertiary/aromatic N) is 3.